The van der Waals surface area contributed by atoms with Gasteiger partial charge in [-0.2, -0.15) is 20.5 Å². The second kappa shape index (κ2) is 12.2. The molecule has 34 heavy (non-hydrogen) atoms. The van der Waals surface area contributed by atoms with Crippen molar-refractivity contribution < 1.29 is 4.79 Å². The first kappa shape index (κ1) is 24.5. The average molecular weight is 465 g/mol. The van der Waals surface area contributed by atoms with Crippen LogP contribution in [0.3, 0.4) is 0 Å². The molecule has 1 aliphatic rings. The molecule has 2 aromatic rings. The Morgan fingerprint density at radius 3 is 2.32 bits per heavy atom. The zero-order valence-electron chi connectivity index (χ0n) is 18.6. The molecule has 8 N–H and O–H groups in total. The van der Waals surface area contributed by atoms with Gasteiger partial charge in [-0.3, -0.25) is 4.79 Å². The van der Waals surface area contributed by atoms with E-state index in [-0.39, 0.29) is 36.7 Å². The van der Waals surface area contributed by atoms with E-state index in [0.717, 1.165) is 38.1 Å². The summed E-state index contributed by atoms with van der Waals surface area (Å²) in [6.45, 7) is 0.271. The summed E-state index contributed by atoms with van der Waals surface area (Å²) in [6, 6.07) is 5.07. The third kappa shape index (κ3) is 6.93. The Labute approximate surface area is 196 Å². The standard InChI is InChI=1S/C21H28N12O/c22-5-7-27-32-14-9-13(10-15(11-14)33-28-8-6-23)29-21-19(20(25)34)26-12-18(31-21)30-17-4-2-1-3-16(17)24/h5-6,9-12,16-17,22-23H,1-4,7-8,24H2,(H2,25,34)(H2,29,30,31). The van der Waals surface area contributed by atoms with Crippen molar-refractivity contribution in [3.05, 3.63) is 30.1 Å². The van der Waals surface area contributed by atoms with Crippen LogP contribution in [0.25, 0.3) is 0 Å². The maximum atomic E-state index is 12.0. The molecule has 2 atom stereocenters. The number of hydrogen-bond acceptors (Lipinski definition) is 12. The van der Waals surface area contributed by atoms with Crippen molar-refractivity contribution >= 4 is 47.0 Å². The fraction of sp³-hybridized carbons (Fsp3) is 0.381. The van der Waals surface area contributed by atoms with E-state index in [0.29, 0.717) is 22.9 Å². The predicted octanol–water partition coefficient (Wildman–Crippen LogP) is 3.47. The third-order valence-corrected chi connectivity index (χ3v) is 5.04. The molecule has 0 spiro atoms. The minimum absolute atomic E-state index is 0.0136. The van der Waals surface area contributed by atoms with Crippen molar-refractivity contribution in [1.82, 2.24) is 9.97 Å². The van der Waals surface area contributed by atoms with Crippen LogP contribution in [0.5, 0.6) is 0 Å². The van der Waals surface area contributed by atoms with E-state index >= 15 is 0 Å². The van der Waals surface area contributed by atoms with Crippen LogP contribution in [0.15, 0.2) is 44.9 Å². The van der Waals surface area contributed by atoms with Gasteiger partial charge in [-0.25, -0.2) is 9.97 Å². The lowest BCUT2D eigenvalue weighted by Gasteiger charge is -2.29. The van der Waals surface area contributed by atoms with Crippen LogP contribution in [0.1, 0.15) is 36.2 Å². The van der Waals surface area contributed by atoms with E-state index in [1.54, 1.807) is 18.2 Å². The maximum absolute atomic E-state index is 12.0. The second-order valence-corrected chi connectivity index (χ2v) is 7.64. The summed E-state index contributed by atoms with van der Waals surface area (Å²) in [5.41, 5.74) is 13.1. The summed E-state index contributed by atoms with van der Waals surface area (Å²) in [6.07, 6.45) is 7.76. The lowest BCUT2D eigenvalue weighted by atomic mass is 9.91. The Kier molecular flexibility index (Phi) is 8.80. The van der Waals surface area contributed by atoms with Crippen molar-refractivity contribution in [3.63, 3.8) is 0 Å². The third-order valence-electron chi connectivity index (χ3n) is 5.04. The Hall–Kier alpha value is -4.13. The number of primary amides is 1. The Morgan fingerprint density at radius 2 is 1.74 bits per heavy atom. The highest BCUT2D eigenvalue weighted by atomic mass is 16.1. The fourth-order valence-electron chi connectivity index (χ4n) is 3.50. The van der Waals surface area contributed by atoms with E-state index < -0.39 is 5.91 Å². The summed E-state index contributed by atoms with van der Waals surface area (Å²) < 4.78 is 0. The van der Waals surface area contributed by atoms with Gasteiger partial charge in [0.2, 0.25) is 0 Å². The molecule has 1 saturated carbocycles. The topological polar surface area (TPSA) is 216 Å². The molecular formula is C21H28N12O. The van der Waals surface area contributed by atoms with Crippen LogP contribution >= 0.6 is 0 Å². The molecule has 0 saturated heterocycles. The predicted molar refractivity (Wildman–Crippen MR) is 130 cm³/mol. The van der Waals surface area contributed by atoms with Crippen LogP contribution in [-0.2, 0) is 0 Å². The molecule has 178 valence electrons. The molecule has 13 nitrogen and oxygen atoms in total. The first-order chi connectivity index (χ1) is 16.5. The van der Waals surface area contributed by atoms with Crippen LogP contribution < -0.4 is 22.1 Å². The molecule has 0 bridgehead atoms. The van der Waals surface area contributed by atoms with Crippen molar-refractivity contribution in [1.29, 1.82) is 10.8 Å². The molecular weight excluding hydrogens is 436 g/mol. The number of rotatable bonds is 11. The number of anilines is 3. The number of carbonyl (C=O) groups is 1. The van der Waals surface area contributed by atoms with Crippen LogP contribution in [0, 0.1) is 10.8 Å². The number of nitrogens with two attached hydrogens (primary N) is 2. The van der Waals surface area contributed by atoms with Crippen molar-refractivity contribution in [2.75, 3.05) is 23.7 Å². The summed E-state index contributed by atoms with van der Waals surface area (Å²) in [7, 11) is 0. The summed E-state index contributed by atoms with van der Waals surface area (Å²) in [5.74, 6) is -0.0935. The SMILES string of the molecule is N=CCN=Nc1cc(N=NCC=N)cc(Nc2nc(NC3CCCCC3N)cnc2C(N)=O)c1. The molecule has 1 aromatic carbocycles. The lowest BCUT2D eigenvalue weighted by molar-refractivity contribution is 0.0996. The molecule has 1 heterocycles. The highest BCUT2D eigenvalue weighted by molar-refractivity contribution is 5.96. The largest absolute Gasteiger partial charge is 0.364 e. The smallest absolute Gasteiger partial charge is 0.271 e. The van der Waals surface area contributed by atoms with Crippen LogP contribution in [0.2, 0.25) is 0 Å². The van der Waals surface area contributed by atoms with E-state index in [2.05, 4.69) is 41.1 Å². The number of carbonyl (C=O) groups excluding carboxylic acids is 1. The van der Waals surface area contributed by atoms with Crippen molar-refractivity contribution in [2.45, 2.75) is 37.8 Å². The van der Waals surface area contributed by atoms with E-state index in [4.69, 9.17) is 22.3 Å². The van der Waals surface area contributed by atoms with Gasteiger partial charge in [0.05, 0.1) is 30.7 Å². The molecule has 1 amide bonds. The summed E-state index contributed by atoms with van der Waals surface area (Å²) in [4.78, 5) is 20.7. The number of hydrogen-bond donors (Lipinski definition) is 6. The molecule has 1 fully saturated rings. The van der Waals surface area contributed by atoms with Crippen molar-refractivity contribution in [3.8, 4) is 0 Å². The zero-order chi connectivity index (χ0) is 24.3. The van der Waals surface area contributed by atoms with Crippen LogP contribution in [0.4, 0.5) is 28.7 Å². The normalized spacial score (nSPS) is 18.1. The highest BCUT2D eigenvalue weighted by Gasteiger charge is 2.23. The van der Waals surface area contributed by atoms with Gasteiger partial charge in [0, 0.05) is 30.2 Å². The second-order valence-electron chi connectivity index (χ2n) is 7.64. The maximum Gasteiger partial charge on any atom is 0.271 e. The van der Waals surface area contributed by atoms with Gasteiger partial charge in [-0.15, -0.1) is 0 Å². The lowest BCUT2D eigenvalue weighted by Crippen LogP contribution is -2.42. The quantitative estimate of drug-likeness (QED) is 0.216. The minimum atomic E-state index is -0.733. The van der Waals surface area contributed by atoms with Gasteiger partial charge in [0.15, 0.2) is 11.5 Å². The Morgan fingerprint density at radius 1 is 1.09 bits per heavy atom. The number of benzene rings is 1. The number of nitrogens with one attached hydrogen (secondary N) is 4. The first-order valence-corrected chi connectivity index (χ1v) is 10.8. The molecule has 3 rings (SSSR count). The van der Waals surface area contributed by atoms with Gasteiger partial charge < -0.3 is 32.9 Å². The van der Waals surface area contributed by atoms with Gasteiger partial charge in [-0.1, -0.05) is 12.8 Å². The Balaban J connectivity index is 1.92. The fourth-order valence-corrected chi connectivity index (χ4v) is 3.50. The van der Waals surface area contributed by atoms with E-state index in [1.165, 1.54) is 6.20 Å². The van der Waals surface area contributed by atoms with E-state index in [1.807, 2.05) is 0 Å². The average Bonchev–Trinajstić information content (AvgIpc) is 2.81. The van der Waals surface area contributed by atoms with Gasteiger partial charge >= 0.3 is 0 Å². The number of nitrogens with zero attached hydrogens (tertiary/aromatic N) is 6. The summed E-state index contributed by atoms with van der Waals surface area (Å²) in [5, 5.41) is 36.5. The van der Waals surface area contributed by atoms with Crippen molar-refractivity contribution in [2.24, 2.45) is 31.9 Å². The molecule has 13 heteroatoms. The summed E-state index contributed by atoms with van der Waals surface area (Å²) >= 11 is 0. The van der Waals surface area contributed by atoms with Gasteiger partial charge in [-0.05, 0) is 31.0 Å². The molecule has 2 unspecified atom stereocenters. The Bertz CT molecular complexity index is 1050. The van der Waals surface area contributed by atoms with Crippen LogP contribution in [-0.4, -0.2) is 53.5 Å². The zero-order valence-corrected chi connectivity index (χ0v) is 18.6. The molecule has 1 aliphatic carbocycles. The number of aromatic nitrogens is 2. The minimum Gasteiger partial charge on any atom is -0.364 e. The number of amides is 1. The monoisotopic (exact) mass is 464 g/mol. The highest BCUT2D eigenvalue weighted by Crippen LogP contribution is 2.30. The number of azo groups is 2. The van der Waals surface area contributed by atoms with E-state index in [9.17, 15) is 4.79 Å². The molecule has 0 radical (unpaired) electrons. The molecule has 1 aromatic heterocycles. The first-order valence-electron chi connectivity index (χ1n) is 10.8. The van der Waals surface area contributed by atoms with Gasteiger partial charge in [0.1, 0.15) is 5.82 Å². The van der Waals surface area contributed by atoms with Gasteiger partial charge in [0.25, 0.3) is 5.91 Å². The molecule has 0 aliphatic heterocycles.